The first-order valence-corrected chi connectivity index (χ1v) is 7.04. The van der Waals surface area contributed by atoms with Crippen molar-refractivity contribution in [1.82, 2.24) is 4.98 Å². The molecular formula is C17H18N2O3. The number of rotatable bonds is 6. The third-order valence-electron chi connectivity index (χ3n) is 3.40. The molecule has 0 spiro atoms. The van der Waals surface area contributed by atoms with Gasteiger partial charge in [-0.3, -0.25) is 14.6 Å². The monoisotopic (exact) mass is 298 g/mol. The van der Waals surface area contributed by atoms with Crippen LogP contribution in [0, 0.1) is 6.92 Å². The Kier molecular flexibility index (Phi) is 5.25. The van der Waals surface area contributed by atoms with E-state index in [1.54, 1.807) is 18.3 Å². The Morgan fingerprint density at radius 3 is 2.50 bits per heavy atom. The second-order valence-corrected chi connectivity index (χ2v) is 5.09. The summed E-state index contributed by atoms with van der Waals surface area (Å²) in [6, 6.07) is 12.7. The maximum Gasteiger partial charge on any atom is 0.303 e. The molecule has 1 aromatic heterocycles. The van der Waals surface area contributed by atoms with Gasteiger partial charge in [0.05, 0.1) is 17.8 Å². The van der Waals surface area contributed by atoms with Crippen LogP contribution in [-0.2, 0) is 9.59 Å². The number of carbonyl (C=O) groups excluding carboxylic acids is 1. The van der Waals surface area contributed by atoms with E-state index in [1.807, 2.05) is 37.3 Å². The number of nitrogens with zero attached hydrogens (tertiary/aromatic N) is 1. The van der Waals surface area contributed by atoms with Crippen molar-refractivity contribution in [3.05, 3.63) is 59.9 Å². The first-order valence-electron chi connectivity index (χ1n) is 7.04. The predicted octanol–water partition coefficient (Wildman–Crippen LogP) is 2.98. The molecule has 2 rings (SSSR count). The van der Waals surface area contributed by atoms with Crippen molar-refractivity contribution in [2.75, 3.05) is 5.32 Å². The van der Waals surface area contributed by atoms with Crippen LogP contribution < -0.4 is 5.32 Å². The molecular weight excluding hydrogens is 280 g/mol. The van der Waals surface area contributed by atoms with E-state index in [0.717, 1.165) is 11.3 Å². The number of hydrogen-bond acceptors (Lipinski definition) is 3. The topological polar surface area (TPSA) is 79.3 Å². The molecule has 1 unspecified atom stereocenters. The highest BCUT2D eigenvalue weighted by Gasteiger charge is 2.19. The Bertz CT molecular complexity index is 656. The number of aliphatic carboxylic acids is 1. The summed E-state index contributed by atoms with van der Waals surface area (Å²) in [5, 5.41) is 11.8. The standard InChI is InChI=1S/C17H18N2O3/c1-12-15(8-5-9-18-12)19-16(20)10-14(11-17(21)22)13-6-3-2-4-7-13/h2-9,14H,10-11H2,1H3,(H,19,20)(H,21,22). The van der Waals surface area contributed by atoms with Crippen LogP contribution in [0.15, 0.2) is 48.7 Å². The number of hydrogen-bond donors (Lipinski definition) is 2. The van der Waals surface area contributed by atoms with Crippen molar-refractivity contribution in [3.63, 3.8) is 0 Å². The molecule has 0 saturated heterocycles. The number of amides is 1. The number of carbonyl (C=O) groups is 2. The summed E-state index contributed by atoms with van der Waals surface area (Å²) in [5.74, 6) is -1.49. The first-order chi connectivity index (χ1) is 10.6. The van der Waals surface area contributed by atoms with Gasteiger partial charge < -0.3 is 10.4 Å². The number of anilines is 1. The van der Waals surface area contributed by atoms with Crippen molar-refractivity contribution in [2.24, 2.45) is 0 Å². The van der Waals surface area contributed by atoms with E-state index in [0.29, 0.717) is 5.69 Å². The maximum absolute atomic E-state index is 12.2. The maximum atomic E-state index is 12.2. The second-order valence-electron chi connectivity index (χ2n) is 5.09. The summed E-state index contributed by atoms with van der Waals surface area (Å²) in [6.45, 7) is 1.81. The lowest BCUT2D eigenvalue weighted by atomic mass is 9.92. The van der Waals surface area contributed by atoms with E-state index in [2.05, 4.69) is 10.3 Å². The first kappa shape index (κ1) is 15.7. The van der Waals surface area contributed by atoms with Gasteiger partial charge in [0.1, 0.15) is 0 Å². The minimum absolute atomic E-state index is 0.0799. The molecule has 0 bridgehead atoms. The summed E-state index contributed by atoms with van der Waals surface area (Å²) >= 11 is 0. The van der Waals surface area contributed by atoms with Gasteiger partial charge in [0.25, 0.3) is 0 Å². The number of benzene rings is 1. The summed E-state index contributed by atoms with van der Waals surface area (Å²) < 4.78 is 0. The van der Waals surface area contributed by atoms with Gasteiger partial charge >= 0.3 is 5.97 Å². The molecule has 114 valence electrons. The average molecular weight is 298 g/mol. The quantitative estimate of drug-likeness (QED) is 0.859. The molecule has 0 saturated carbocycles. The Morgan fingerprint density at radius 1 is 1.14 bits per heavy atom. The van der Waals surface area contributed by atoms with Crippen LogP contribution in [-0.4, -0.2) is 22.0 Å². The van der Waals surface area contributed by atoms with E-state index >= 15 is 0 Å². The van der Waals surface area contributed by atoms with E-state index in [1.165, 1.54) is 0 Å². The minimum Gasteiger partial charge on any atom is -0.481 e. The number of aromatic nitrogens is 1. The van der Waals surface area contributed by atoms with Gasteiger partial charge in [-0.05, 0) is 24.6 Å². The van der Waals surface area contributed by atoms with Crippen molar-refractivity contribution in [3.8, 4) is 0 Å². The zero-order valence-corrected chi connectivity index (χ0v) is 12.3. The number of pyridine rings is 1. The molecule has 22 heavy (non-hydrogen) atoms. The van der Waals surface area contributed by atoms with E-state index < -0.39 is 5.97 Å². The molecule has 0 aliphatic rings. The molecule has 1 amide bonds. The van der Waals surface area contributed by atoms with Gasteiger partial charge in [-0.15, -0.1) is 0 Å². The van der Waals surface area contributed by atoms with Crippen molar-refractivity contribution in [1.29, 1.82) is 0 Å². The van der Waals surface area contributed by atoms with E-state index in [4.69, 9.17) is 5.11 Å². The van der Waals surface area contributed by atoms with Gasteiger partial charge in [0.15, 0.2) is 0 Å². The molecule has 0 aliphatic carbocycles. The van der Waals surface area contributed by atoms with Gasteiger partial charge in [-0.1, -0.05) is 30.3 Å². The van der Waals surface area contributed by atoms with E-state index in [-0.39, 0.29) is 24.7 Å². The van der Waals surface area contributed by atoms with E-state index in [9.17, 15) is 9.59 Å². The van der Waals surface area contributed by atoms with Crippen LogP contribution in [0.3, 0.4) is 0 Å². The second kappa shape index (κ2) is 7.36. The van der Waals surface area contributed by atoms with Crippen molar-refractivity contribution < 1.29 is 14.7 Å². The minimum atomic E-state index is -0.917. The average Bonchev–Trinajstić information content (AvgIpc) is 2.49. The van der Waals surface area contributed by atoms with Crippen LogP contribution >= 0.6 is 0 Å². The summed E-state index contributed by atoms with van der Waals surface area (Å²) in [4.78, 5) is 27.3. The number of carboxylic acids is 1. The number of nitrogens with one attached hydrogen (secondary N) is 1. The predicted molar refractivity (Wildman–Crippen MR) is 83.7 cm³/mol. The molecule has 2 N–H and O–H groups in total. The Hall–Kier alpha value is -2.69. The number of carboxylic acid groups (broad SMARTS) is 1. The molecule has 1 atom stereocenters. The third kappa shape index (κ3) is 4.41. The highest BCUT2D eigenvalue weighted by atomic mass is 16.4. The zero-order valence-electron chi connectivity index (χ0n) is 12.3. The van der Waals surface area contributed by atoms with Crippen molar-refractivity contribution >= 4 is 17.6 Å². The Balaban J connectivity index is 2.08. The fourth-order valence-electron chi connectivity index (χ4n) is 2.29. The van der Waals surface area contributed by atoms with Crippen LogP contribution in [0.2, 0.25) is 0 Å². The molecule has 5 nitrogen and oxygen atoms in total. The molecule has 0 radical (unpaired) electrons. The highest BCUT2D eigenvalue weighted by molar-refractivity contribution is 5.92. The number of aryl methyl sites for hydroxylation is 1. The van der Waals surface area contributed by atoms with Crippen LogP contribution in [0.5, 0.6) is 0 Å². The summed E-state index contributed by atoms with van der Waals surface area (Å²) in [6.07, 6.45) is 1.69. The third-order valence-corrected chi connectivity index (χ3v) is 3.40. The van der Waals surface area contributed by atoms with Gasteiger partial charge in [-0.2, -0.15) is 0 Å². The molecule has 2 aromatic rings. The lowest BCUT2D eigenvalue weighted by Gasteiger charge is -2.15. The Labute approximate surface area is 129 Å². The van der Waals surface area contributed by atoms with Crippen LogP contribution in [0.25, 0.3) is 0 Å². The van der Waals surface area contributed by atoms with Gasteiger partial charge in [0, 0.05) is 18.5 Å². The van der Waals surface area contributed by atoms with Gasteiger partial charge in [-0.25, -0.2) is 0 Å². The molecule has 5 heteroatoms. The summed E-state index contributed by atoms with van der Waals surface area (Å²) in [7, 11) is 0. The Morgan fingerprint density at radius 2 is 1.86 bits per heavy atom. The normalized spacial score (nSPS) is 11.7. The SMILES string of the molecule is Cc1ncccc1NC(=O)CC(CC(=O)O)c1ccccc1. The van der Waals surface area contributed by atoms with Crippen molar-refractivity contribution in [2.45, 2.75) is 25.7 Å². The molecule has 1 aromatic carbocycles. The molecule has 0 aliphatic heterocycles. The van der Waals surface area contributed by atoms with Gasteiger partial charge in [0.2, 0.25) is 5.91 Å². The lowest BCUT2D eigenvalue weighted by Crippen LogP contribution is -2.18. The molecule has 0 fully saturated rings. The smallest absolute Gasteiger partial charge is 0.303 e. The lowest BCUT2D eigenvalue weighted by molar-refractivity contribution is -0.137. The zero-order chi connectivity index (χ0) is 15.9. The summed E-state index contributed by atoms with van der Waals surface area (Å²) in [5.41, 5.74) is 2.22. The fraction of sp³-hybridized carbons (Fsp3) is 0.235. The fourth-order valence-corrected chi connectivity index (χ4v) is 2.29. The van der Waals surface area contributed by atoms with Crippen LogP contribution in [0.4, 0.5) is 5.69 Å². The molecule has 1 heterocycles. The van der Waals surface area contributed by atoms with Crippen LogP contribution in [0.1, 0.15) is 30.0 Å². The highest BCUT2D eigenvalue weighted by Crippen LogP contribution is 2.24. The largest absolute Gasteiger partial charge is 0.481 e.